The van der Waals surface area contributed by atoms with Crippen molar-refractivity contribution in [2.24, 2.45) is 17.3 Å². The maximum Gasteiger partial charge on any atom is 0.115 e. The minimum absolute atomic E-state index is 0.227. The van der Waals surface area contributed by atoms with Crippen LogP contribution in [0.4, 0.5) is 0 Å². The van der Waals surface area contributed by atoms with Crippen molar-refractivity contribution < 1.29 is 5.11 Å². The van der Waals surface area contributed by atoms with Crippen LogP contribution in [-0.4, -0.2) is 5.11 Å². The van der Waals surface area contributed by atoms with Gasteiger partial charge in [0.15, 0.2) is 0 Å². The van der Waals surface area contributed by atoms with E-state index in [2.05, 4.69) is 43.9 Å². The molecule has 23 heavy (non-hydrogen) atoms. The van der Waals surface area contributed by atoms with Crippen LogP contribution in [-0.2, 0) is 6.42 Å². The van der Waals surface area contributed by atoms with Gasteiger partial charge < -0.3 is 5.11 Å². The summed E-state index contributed by atoms with van der Waals surface area (Å²) in [5.74, 6) is 8.44. The minimum atomic E-state index is 0.227. The highest BCUT2D eigenvalue weighted by molar-refractivity contribution is 5.74. The molecule has 1 nitrogen and oxygen atoms in total. The summed E-state index contributed by atoms with van der Waals surface area (Å²) in [6, 6.07) is 5.90. The number of phenolic OH excluding ortho intramolecular Hbond substituents is 1. The monoisotopic (exact) mass is 304 g/mol. The van der Waals surface area contributed by atoms with Crippen LogP contribution >= 0.6 is 0 Å². The number of allylic oxidation sites excluding steroid dienone is 4. The summed E-state index contributed by atoms with van der Waals surface area (Å²) >= 11 is 0. The van der Waals surface area contributed by atoms with Crippen LogP contribution in [0.1, 0.15) is 50.7 Å². The van der Waals surface area contributed by atoms with Crippen molar-refractivity contribution in [1.82, 2.24) is 0 Å². The van der Waals surface area contributed by atoms with Gasteiger partial charge in [-0.05, 0) is 66.4 Å². The number of hydrogen-bond acceptors (Lipinski definition) is 1. The van der Waals surface area contributed by atoms with E-state index in [4.69, 9.17) is 0 Å². The quantitative estimate of drug-likeness (QED) is 0.661. The SMILES string of the molecule is CCC#CC1=CCC2C3CCc4cc(O)ccc4C3=CCC12C. The van der Waals surface area contributed by atoms with Crippen molar-refractivity contribution >= 4 is 5.57 Å². The Morgan fingerprint density at radius 1 is 1.30 bits per heavy atom. The third kappa shape index (κ3) is 2.16. The smallest absolute Gasteiger partial charge is 0.115 e. The molecule has 3 atom stereocenters. The standard InChI is InChI=1S/C22H24O/c1-3-4-5-16-7-11-21-20-9-6-15-14-17(23)8-10-18(15)19(20)12-13-22(16,21)2/h7-8,10,12,14,20-21,23H,3,6,9,11,13H2,1-2H3. The second kappa shape index (κ2) is 5.31. The van der Waals surface area contributed by atoms with Crippen LogP contribution in [0.5, 0.6) is 5.75 Å². The molecule has 1 N–H and O–H groups in total. The van der Waals surface area contributed by atoms with Gasteiger partial charge in [-0.25, -0.2) is 0 Å². The van der Waals surface area contributed by atoms with E-state index in [0.717, 1.165) is 19.3 Å². The molecule has 3 aliphatic carbocycles. The van der Waals surface area contributed by atoms with Crippen molar-refractivity contribution in [3.8, 4) is 17.6 Å². The molecule has 0 heterocycles. The van der Waals surface area contributed by atoms with E-state index in [-0.39, 0.29) is 5.41 Å². The Bertz CT molecular complexity index is 771. The van der Waals surface area contributed by atoms with Crippen molar-refractivity contribution in [3.05, 3.63) is 47.1 Å². The van der Waals surface area contributed by atoms with Crippen LogP contribution in [0.25, 0.3) is 5.57 Å². The lowest BCUT2D eigenvalue weighted by Crippen LogP contribution is -2.36. The first-order valence-electron chi connectivity index (χ1n) is 8.85. The number of phenols is 1. The predicted molar refractivity (Wildman–Crippen MR) is 94.9 cm³/mol. The maximum absolute atomic E-state index is 9.75. The van der Waals surface area contributed by atoms with Gasteiger partial charge in [0.05, 0.1) is 0 Å². The number of aryl methyl sites for hydroxylation is 1. The van der Waals surface area contributed by atoms with E-state index in [0.29, 0.717) is 17.6 Å². The average Bonchev–Trinajstić information content (AvgIpc) is 2.89. The van der Waals surface area contributed by atoms with Crippen LogP contribution < -0.4 is 0 Å². The highest BCUT2D eigenvalue weighted by Crippen LogP contribution is 2.58. The van der Waals surface area contributed by atoms with Gasteiger partial charge in [0.1, 0.15) is 5.75 Å². The summed E-state index contributed by atoms with van der Waals surface area (Å²) < 4.78 is 0. The lowest BCUT2D eigenvalue weighted by Gasteiger charge is -2.45. The average molecular weight is 304 g/mol. The topological polar surface area (TPSA) is 20.2 Å². The maximum atomic E-state index is 9.75. The number of fused-ring (bicyclic) bond motifs is 5. The molecule has 1 heteroatoms. The molecular formula is C22H24O. The molecule has 4 rings (SSSR count). The zero-order valence-corrected chi connectivity index (χ0v) is 14.0. The number of aromatic hydroxyl groups is 1. The van der Waals surface area contributed by atoms with Crippen LogP contribution in [0, 0.1) is 29.1 Å². The zero-order valence-electron chi connectivity index (χ0n) is 14.0. The van der Waals surface area contributed by atoms with Crippen molar-refractivity contribution in [2.75, 3.05) is 0 Å². The molecule has 0 spiro atoms. The molecule has 3 aliphatic rings. The van der Waals surface area contributed by atoms with Crippen LogP contribution in [0.3, 0.4) is 0 Å². The number of benzene rings is 1. The van der Waals surface area contributed by atoms with E-state index in [9.17, 15) is 5.11 Å². The summed E-state index contributed by atoms with van der Waals surface area (Å²) in [5.41, 5.74) is 5.80. The molecule has 3 unspecified atom stereocenters. The van der Waals surface area contributed by atoms with E-state index >= 15 is 0 Å². The molecule has 0 aromatic heterocycles. The van der Waals surface area contributed by atoms with E-state index in [1.54, 1.807) is 0 Å². The number of hydrogen-bond donors (Lipinski definition) is 1. The van der Waals surface area contributed by atoms with Gasteiger partial charge >= 0.3 is 0 Å². The summed E-state index contributed by atoms with van der Waals surface area (Å²) in [5, 5.41) is 9.75. The van der Waals surface area contributed by atoms with Gasteiger partial charge in [-0.2, -0.15) is 0 Å². The van der Waals surface area contributed by atoms with Crippen molar-refractivity contribution in [1.29, 1.82) is 0 Å². The van der Waals surface area contributed by atoms with Crippen LogP contribution in [0.15, 0.2) is 35.9 Å². The first-order valence-corrected chi connectivity index (χ1v) is 8.85. The second-order valence-corrected chi connectivity index (χ2v) is 7.38. The highest BCUT2D eigenvalue weighted by Gasteiger charge is 2.48. The molecule has 1 aromatic carbocycles. The van der Waals surface area contributed by atoms with Crippen LogP contribution in [0.2, 0.25) is 0 Å². The molecule has 0 fully saturated rings. The van der Waals surface area contributed by atoms with Gasteiger partial charge in [-0.3, -0.25) is 0 Å². The Morgan fingerprint density at radius 3 is 3.00 bits per heavy atom. The molecule has 0 bridgehead atoms. The Kier molecular flexibility index (Phi) is 3.38. The Balaban J connectivity index is 1.73. The van der Waals surface area contributed by atoms with E-state index in [1.165, 1.54) is 35.1 Å². The largest absolute Gasteiger partial charge is 0.508 e. The molecular weight excluding hydrogens is 280 g/mol. The fourth-order valence-corrected chi connectivity index (χ4v) is 4.92. The Morgan fingerprint density at radius 2 is 2.17 bits per heavy atom. The molecule has 0 radical (unpaired) electrons. The third-order valence-corrected chi connectivity index (χ3v) is 6.17. The Labute approximate surface area is 139 Å². The molecule has 118 valence electrons. The summed E-state index contributed by atoms with van der Waals surface area (Å²) in [7, 11) is 0. The van der Waals surface area contributed by atoms with Gasteiger partial charge in [0, 0.05) is 17.4 Å². The van der Waals surface area contributed by atoms with E-state index in [1.807, 2.05) is 12.1 Å². The lowest BCUT2D eigenvalue weighted by molar-refractivity contribution is 0.196. The third-order valence-electron chi connectivity index (χ3n) is 6.17. The van der Waals surface area contributed by atoms with E-state index < -0.39 is 0 Å². The highest BCUT2D eigenvalue weighted by atomic mass is 16.3. The molecule has 0 amide bonds. The second-order valence-electron chi connectivity index (χ2n) is 7.38. The summed E-state index contributed by atoms with van der Waals surface area (Å²) in [6.07, 6.45) is 10.3. The fraction of sp³-hybridized carbons (Fsp3) is 0.455. The molecule has 1 aromatic rings. The first-order chi connectivity index (χ1) is 11.1. The predicted octanol–water partition coefficient (Wildman–Crippen LogP) is 5.11. The van der Waals surface area contributed by atoms with Crippen molar-refractivity contribution in [3.63, 3.8) is 0 Å². The van der Waals surface area contributed by atoms with Gasteiger partial charge in [-0.15, -0.1) is 0 Å². The molecule has 0 saturated heterocycles. The number of rotatable bonds is 0. The fourth-order valence-electron chi connectivity index (χ4n) is 4.92. The van der Waals surface area contributed by atoms with Crippen molar-refractivity contribution in [2.45, 2.75) is 46.0 Å². The summed E-state index contributed by atoms with van der Waals surface area (Å²) in [4.78, 5) is 0. The van der Waals surface area contributed by atoms with Gasteiger partial charge in [0.25, 0.3) is 0 Å². The van der Waals surface area contributed by atoms with Gasteiger partial charge in [0.2, 0.25) is 0 Å². The van der Waals surface area contributed by atoms with Gasteiger partial charge in [-0.1, -0.05) is 43.9 Å². The minimum Gasteiger partial charge on any atom is -0.508 e. The molecule has 0 saturated carbocycles. The lowest BCUT2D eigenvalue weighted by atomic mass is 9.58. The Hall–Kier alpha value is -1.94. The first kappa shape index (κ1) is 14.6. The summed E-state index contributed by atoms with van der Waals surface area (Å²) in [6.45, 7) is 4.54. The zero-order chi connectivity index (χ0) is 16.0. The molecule has 0 aliphatic heterocycles. The normalized spacial score (nSPS) is 31.0.